The average molecular weight is 399 g/mol. The van der Waals surface area contributed by atoms with Crippen molar-refractivity contribution in [1.29, 1.82) is 0 Å². The number of halogens is 4. The molecule has 0 aliphatic heterocycles. The van der Waals surface area contributed by atoms with Crippen LogP contribution in [0.4, 0.5) is 17.6 Å². The summed E-state index contributed by atoms with van der Waals surface area (Å²) in [4.78, 5) is 3.80. The van der Waals surface area contributed by atoms with Gasteiger partial charge in [-0.05, 0) is 24.6 Å². The van der Waals surface area contributed by atoms with Crippen molar-refractivity contribution in [2.75, 3.05) is 0 Å². The van der Waals surface area contributed by atoms with Crippen molar-refractivity contribution in [2.24, 2.45) is 0 Å². The fourth-order valence-electron chi connectivity index (χ4n) is 3.06. The van der Waals surface area contributed by atoms with Crippen molar-refractivity contribution in [2.45, 2.75) is 24.9 Å². The first-order valence-corrected chi connectivity index (χ1v) is 8.72. The minimum Gasteiger partial charge on any atom is -0.377 e. The van der Waals surface area contributed by atoms with Crippen molar-refractivity contribution in [1.82, 2.24) is 4.98 Å². The van der Waals surface area contributed by atoms with E-state index in [1.807, 2.05) is 37.1 Å². The summed E-state index contributed by atoms with van der Waals surface area (Å²) >= 11 is 0. The number of aliphatic hydroxyl groups is 1. The lowest BCUT2D eigenvalue weighted by Gasteiger charge is -2.34. The lowest BCUT2D eigenvalue weighted by molar-refractivity contribution is -0.196. The molecule has 3 rings (SSSR count). The van der Waals surface area contributed by atoms with Crippen LogP contribution >= 0.6 is 0 Å². The Hall–Kier alpha value is -3.17. The minimum absolute atomic E-state index is 0.417. The molecule has 1 atom stereocenters. The highest BCUT2D eigenvalue weighted by Gasteiger charge is 2.56. The summed E-state index contributed by atoms with van der Waals surface area (Å²) in [6, 6.07) is 11.8. The van der Waals surface area contributed by atoms with Crippen LogP contribution in [0.2, 0.25) is 0 Å². The van der Waals surface area contributed by atoms with Gasteiger partial charge in [-0.1, -0.05) is 42.0 Å². The first kappa shape index (κ1) is 20.6. The molecular formula is C23H17F4NO. The molecule has 1 N–H and O–H groups in total. The molecule has 0 bridgehead atoms. The van der Waals surface area contributed by atoms with Crippen LogP contribution < -0.4 is 0 Å². The molecule has 6 heteroatoms. The van der Waals surface area contributed by atoms with Gasteiger partial charge in [-0.2, -0.15) is 8.78 Å². The Labute approximate surface area is 165 Å². The summed E-state index contributed by atoms with van der Waals surface area (Å²) in [6.45, 7) is 1.92. The zero-order valence-electron chi connectivity index (χ0n) is 15.5. The standard InChI is InChI=1S/C23H17F4NO/c1-3-12-22(29,19-10-9-18(24)13-20(19)25)23(26,27)21-11-8-17(14-28-21)16-6-4-15(2)5-7-16/h1,4-11,13-14,29H,12H2,2H3. The molecule has 29 heavy (non-hydrogen) atoms. The van der Waals surface area contributed by atoms with Gasteiger partial charge < -0.3 is 5.11 Å². The average Bonchev–Trinajstić information content (AvgIpc) is 2.68. The number of aromatic nitrogens is 1. The third-order valence-electron chi connectivity index (χ3n) is 4.72. The predicted molar refractivity (Wildman–Crippen MR) is 102 cm³/mol. The molecule has 1 aromatic heterocycles. The summed E-state index contributed by atoms with van der Waals surface area (Å²) in [5, 5.41) is 10.8. The van der Waals surface area contributed by atoms with Crippen LogP contribution in [0.3, 0.4) is 0 Å². The number of alkyl halides is 2. The normalized spacial score (nSPS) is 13.6. The molecule has 148 valence electrons. The van der Waals surface area contributed by atoms with Crippen molar-refractivity contribution in [3.05, 3.63) is 89.2 Å². The quantitative estimate of drug-likeness (QED) is 0.464. The van der Waals surface area contributed by atoms with Crippen LogP contribution in [-0.2, 0) is 11.5 Å². The lowest BCUT2D eigenvalue weighted by atomic mass is 9.82. The molecule has 1 unspecified atom stereocenters. The van der Waals surface area contributed by atoms with Gasteiger partial charge in [0, 0.05) is 29.8 Å². The van der Waals surface area contributed by atoms with E-state index in [2.05, 4.69) is 4.98 Å². The SMILES string of the molecule is C#CCC(O)(c1ccc(F)cc1F)C(F)(F)c1ccc(-c2ccc(C)cc2)cn1. The van der Waals surface area contributed by atoms with E-state index >= 15 is 8.78 Å². The van der Waals surface area contributed by atoms with Gasteiger partial charge in [0.15, 0.2) is 5.60 Å². The molecule has 2 nitrogen and oxygen atoms in total. The van der Waals surface area contributed by atoms with Gasteiger partial charge >= 0.3 is 5.92 Å². The van der Waals surface area contributed by atoms with Gasteiger partial charge in [-0.3, -0.25) is 4.98 Å². The zero-order valence-corrected chi connectivity index (χ0v) is 15.5. The Kier molecular flexibility index (Phi) is 5.45. The van der Waals surface area contributed by atoms with E-state index in [9.17, 15) is 13.9 Å². The number of hydrogen-bond acceptors (Lipinski definition) is 2. The molecule has 2 aromatic carbocycles. The molecule has 0 amide bonds. The van der Waals surface area contributed by atoms with E-state index in [1.165, 1.54) is 12.3 Å². The molecule has 0 spiro atoms. The predicted octanol–water partition coefficient (Wildman–Crippen LogP) is 5.34. The number of rotatable bonds is 5. The van der Waals surface area contributed by atoms with Crippen LogP contribution in [0, 0.1) is 30.9 Å². The van der Waals surface area contributed by atoms with Crippen molar-refractivity contribution in [3.63, 3.8) is 0 Å². The third kappa shape index (κ3) is 3.74. The first-order chi connectivity index (χ1) is 13.7. The number of hydrogen-bond donors (Lipinski definition) is 1. The van der Waals surface area contributed by atoms with Gasteiger partial charge in [-0.25, -0.2) is 8.78 Å². The van der Waals surface area contributed by atoms with E-state index in [1.54, 1.807) is 0 Å². The van der Waals surface area contributed by atoms with E-state index in [4.69, 9.17) is 6.42 Å². The Balaban J connectivity index is 2.04. The molecule has 3 aromatic rings. The highest BCUT2D eigenvalue weighted by Crippen LogP contribution is 2.47. The second-order valence-corrected chi connectivity index (χ2v) is 6.74. The number of nitrogens with zero attached hydrogens (tertiary/aromatic N) is 1. The molecule has 1 heterocycles. The summed E-state index contributed by atoms with van der Waals surface area (Å²) in [6.07, 6.45) is 5.50. The fraction of sp³-hybridized carbons (Fsp3) is 0.174. The van der Waals surface area contributed by atoms with E-state index < -0.39 is 40.8 Å². The number of aryl methyl sites for hydroxylation is 1. The summed E-state index contributed by atoms with van der Waals surface area (Å²) in [7, 11) is 0. The topological polar surface area (TPSA) is 33.1 Å². The van der Waals surface area contributed by atoms with Gasteiger partial charge in [-0.15, -0.1) is 12.3 Å². The van der Waals surface area contributed by atoms with Crippen molar-refractivity contribution < 1.29 is 22.7 Å². The number of benzene rings is 2. The van der Waals surface area contributed by atoms with Crippen molar-refractivity contribution >= 4 is 0 Å². The molecule has 0 aliphatic rings. The molecule has 0 radical (unpaired) electrons. The third-order valence-corrected chi connectivity index (χ3v) is 4.72. The Morgan fingerprint density at radius 3 is 2.21 bits per heavy atom. The largest absolute Gasteiger partial charge is 0.377 e. The van der Waals surface area contributed by atoms with E-state index in [0.717, 1.165) is 29.3 Å². The van der Waals surface area contributed by atoms with Gasteiger partial charge in [0.2, 0.25) is 0 Å². The maximum atomic E-state index is 15.3. The highest BCUT2D eigenvalue weighted by atomic mass is 19.3. The zero-order chi connectivity index (χ0) is 21.2. The van der Waals surface area contributed by atoms with Crippen LogP contribution in [0.1, 0.15) is 23.2 Å². The van der Waals surface area contributed by atoms with E-state index in [0.29, 0.717) is 11.6 Å². The van der Waals surface area contributed by atoms with Gasteiger partial charge in [0.1, 0.15) is 17.3 Å². The number of terminal acetylenes is 1. The second-order valence-electron chi connectivity index (χ2n) is 6.74. The second kappa shape index (κ2) is 7.69. The summed E-state index contributed by atoms with van der Waals surface area (Å²) in [5.41, 5.74) is -2.26. The molecular weight excluding hydrogens is 382 g/mol. The maximum Gasteiger partial charge on any atom is 0.322 e. The smallest absolute Gasteiger partial charge is 0.322 e. The minimum atomic E-state index is -4.04. The summed E-state index contributed by atoms with van der Waals surface area (Å²) < 4.78 is 58.0. The molecule has 0 fully saturated rings. The Morgan fingerprint density at radius 1 is 1.00 bits per heavy atom. The first-order valence-electron chi connectivity index (χ1n) is 8.72. The summed E-state index contributed by atoms with van der Waals surface area (Å²) in [5.74, 6) is -4.37. The Bertz CT molecular complexity index is 1060. The van der Waals surface area contributed by atoms with Crippen LogP contribution in [0.15, 0.2) is 60.8 Å². The molecule has 0 saturated carbocycles. The van der Waals surface area contributed by atoms with Crippen LogP contribution in [-0.4, -0.2) is 10.1 Å². The Morgan fingerprint density at radius 2 is 1.66 bits per heavy atom. The van der Waals surface area contributed by atoms with Gasteiger partial charge in [0.05, 0.1) is 0 Å². The number of pyridine rings is 1. The molecule has 0 saturated heterocycles. The van der Waals surface area contributed by atoms with Crippen molar-refractivity contribution in [3.8, 4) is 23.5 Å². The lowest BCUT2D eigenvalue weighted by Crippen LogP contribution is -2.44. The monoisotopic (exact) mass is 399 g/mol. The fourth-order valence-corrected chi connectivity index (χ4v) is 3.06. The van der Waals surface area contributed by atoms with Crippen LogP contribution in [0.25, 0.3) is 11.1 Å². The highest BCUT2D eigenvalue weighted by molar-refractivity contribution is 5.62. The van der Waals surface area contributed by atoms with Gasteiger partial charge in [0.25, 0.3) is 0 Å². The van der Waals surface area contributed by atoms with Crippen LogP contribution in [0.5, 0.6) is 0 Å². The molecule has 0 aliphatic carbocycles. The van der Waals surface area contributed by atoms with E-state index in [-0.39, 0.29) is 0 Å². The maximum absolute atomic E-state index is 15.3.